The Labute approximate surface area is 133 Å². The first kappa shape index (κ1) is 15.2. The van der Waals surface area contributed by atoms with Crippen LogP contribution >= 0.6 is 27.5 Å². The zero-order valence-corrected chi connectivity index (χ0v) is 14.0. The van der Waals surface area contributed by atoms with Gasteiger partial charge in [0.15, 0.2) is 0 Å². The first-order valence-electron chi connectivity index (χ1n) is 6.37. The van der Waals surface area contributed by atoms with E-state index in [4.69, 9.17) is 16.3 Å². The molecule has 0 aliphatic carbocycles. The Morgan fingerprint density at radius 1 is 1.20 bits per heavy atom. The second-order valence-electron chi connectivity index (χ2n) is 4.71. The summed E-state index contributed by atoms with van der Waals surface area (Å²) in [6.45, 7) is 4.15. The van der Waals surface area contributed by atoms with Crippen LogP contribution in [-0.4, -0.2) is 7.11 Å². The minimum atomic E-state index is 0.127. The quantitative estimate of drug-likeness (QED) is 0.772. The van der Waals surface area contributed by atoms with Crippen LogP contribution in [0.5, 0.6) is 5.75 Å². The van der Waals surface area contributed by atoms with Crippen LogP contribution in [0.15, 0.2) is 40.9 Å². The molecule has 106 valence electrons. The number of hydrogen-bond donors (Lipinski definition) is 1. The lowest BCUT2D eigenvalue weighted by Gasteiger charge is -2.19. The van der Waals surface area contributed by atoms with Gasteiger partial charge >= 0.3 is 0 Å². The van der Waals surface area contributed by atoms with Crippen molar-refractivity contribution in [3.8, 4) is 5.75 Å². The van der Waals surface area contributed by atoms with E-state index in [1.165, 1.54) is 0 Å². The van der Waals surface area contributed by atoms with Gasteiger partial charge in [-0.3, -0.25) is 0 Å². The van der Waals surface area contributed by atoms with Crippen LogP contribution in [0.3, 0.4) is 0 Å². The summed E-state index contributed by atoms with van der Waals surface area (Å²) in [5.74, 6) is 0.863. The second kappa shape index (κ2) is 6.51. The van der Waals surface area contributed by atoms with Gasteiger partial charge in [-0.25, -0.2) is 0 Å². The van der Waals surface area contributed by atoms with Crippen molar-refractivity contribution < 1.29 is 4.74 Å². The average molecular weight is 355 g/mol. The molecule has 4 heteroatoms. The van der Waals surface area contributed by atoms with Crippen molar-refractivity contribution in [1.29, 1.82) is 0 Å². The lowest BCUT2D eigenvalue weighted by atomic mass is 10.1. The van der Waals surface area contributed by atoms with Crippen LogP contribution in [0.2, 0.25) is 5.02 Å². The van der Waals surface area contributed by atoms with Gasteiger partial charge in [0.25, 0.3) is 0 Å². The monoisotopic (exact) mass is 353 g/mol. The highest BCUT2D eigenvalue weighted by Gasteiger charge is 2.11. The smallest absolute Gasteiger partial charge is 0.119 e. The Bertz CT molecular complexity index is 615. The number of anilines is 1. The van der Waals surface area contributed by atoms with Gasteiger partial charge < -0.3 is 10.1 Å². The summed E-state index contributed by atoms with van der Waals surface area (Å²) < 4.78 is 6.20. The fourth-order valence-corrected chi connectivity index (χ4v) is 2.93. The molecule has 0 saturated heterocycles. The number of rotatable bonds is 4. The van der Waals surface area contributed by atoms with Crippen LogP contribution in [0.1, 0.15) is 24.1 Å². The third kappa shape index (κ3) is 3.47. The maximum absolute atomic E-state index is 6.29. The molecule has 1 atom stereocenters. The molecule has 0 aliphatic heterocycles. The van der Waals surface area contributed by atoms with Gasteiger partial charge in [0.2, 0.25) is 0 Å². The lowest BCUT2D eigenvalue weighted by Crippen LogP contribution is -2.08. The molecule has 0 saturated carbocycles. The molecule has 1 unspecified atom stereocenters. The van der Waals surface area contributed by atoms with Crippen molar-refractivity contribution in [1.82, 2.24) is 0 Å². The van der Waals surface area contributed by atoms with E-state index in [9.17, 15) is 0 Å². The molecule has 0 amide bonds. The van der Waals surface area contributed by atoms with Gasteiger partial charge in [0, 0.05) is 15.2 Å². The number of nitrogens with one attached hydrogen (secondary N) is 1. The molecular weight excluding hydrogens is 338 g/mol. The third-order valence-corrected chi connectivity index (χ3v) is 4.06. The van der Waals surface area contributed by atoms with Gasteiger partial charge in [0.1, 0.15) is 5.75 Å². The number of methoxy groups -OCH3 is 1. The highest BCUT2D eigenvalue weighted by Crippen LogP contribution is 2.30. The number of ether oxygens (including phenoxy) is 1. The Hall–Kier alpha value is -1.19. The van der Waals surface area contributed by atoms with Gasteiger partial charge in [-0.1, -0.05) is 33.6 Å². The van der Waals surface area contributed by atoms with E-state index in [-0.39, 0.29) is 6.04 Å². The van der Waals surface area contributed by atoms with E-state index >= 15 is 0 Å². The average Bonchev–Trinajstić information content (AvgIpc) is 2.40. The van der Waals surface area contributed by atoms with Crippen molar-refractivity contribution >= 4 is 33.2 Å². The van der Waals surface area contributed by atoms with Crippen LogP contribution in [0.4, 0.5) is 5.69 Å². The summed E-state index contributed by atoms with van der Waals surface area (Å²) in [7, 11) is 1.67. The standard InChI is InChI=1S/C16H17BrClNO/c1-10-8-13(20-3)5-7-16(10)19-11(2)14-6-4-12(17)9-15(14)18/h4-9,11,19H,1-3H3. The Kier molecular flexibility index (Phi) is 4.95. The van der Waals surface area contributed by atoms with Crippen LogP contribution in [0, 0.1) is 6.92 Å². The third-order valence-electron chi connectivity index (χ3n) is 3.23. The van der Waals surface area contributed by atoms with E-state index in [2.05, 4.69) is 35.1 Å². The molecule has 0 radical (unpaired) electrons. The molecule has 2 aromatic rings. The molecule has 0 fully saturated rings. The van der Waals surface area contributed by atoms with E-state index in [0.717, 1.165) is 32.1 Å². The number of halogens is 2. The largest absolute Gasteiger partial charge is 0.497 e. The zero-order valence-electron chi connectivity index (χ0n) is 11.7. The van der Waals surface area contributed by atoms with Gasteiger partial charge in [-0.15, -0.1) is 0 Å². The van der Waals surface area contributed by atoms with Crippen molar-refractivity contribution in [3.63, 3.8) is 0 Å². The molecule has 0 aliphatic rings. The lowest BCUT2D eigenvalue weighted by molar-refractivity contribution is 0.414. The van der Waals surface area contributed by atoms with Crippen molar-refractivity contribution in [2.45, 2.75) is 19.9 Å². The summed E-state index contributed by atoms with van der Waals surface area (Å²) in [6, 6.07) is 12.1. The first-order chi connectivity index (χ1) is 9.51. The number of aryl methyl sites for hydroxylation is 1. The van der Waals surface area contributed by atoms with Crippen LogP contribution in [-0.2, 0) is 0 Å². The minimum absolute atomic E-state index is 0.127. The molecule has 2 nitrogen and oxygen atoms in total. The molecule has 0 spiro atoms. The van der Waals surface area contributed by atoms with E-state index < -0.39 is 0 Å². The molecule has 2 rings (SSSR count). The fraction of sp³-hybridized carbons (Fsp3) is 0.250. The predicted molar refractivity (Wildman–Crippen MR) is 88.9 cm³/mol. The summed E-state index contributed by atoms with van der Waals surface area (Å²) in [6.07, 6.45) is 0. The van der Waals surface area contributed by atoms with Crippen LogP contribution < -0.4 is 10.1 Å². The van der Waals surface area contributed by atoms with Crippen molar-refractivity contribution in [2.24, 2.45) is 0 Å². The van der Waals surface area contributed by atoms with Gasteiger partial charge in [-0.2, -0.15) is 0 Å². The molecule has 2 aromatic carbocycles. The Balaban J connectivity index is 2.21. The first-order valence-corrected chi connectivity index (χ1v) is 7.54. The van der Waals surface area contributed by atoms with E-state index in [1.807, 2.05) is 36.4 Å². The fourth-order valence-electron chi connectivity index (χ4n) is 2.09. The maximum Gasteiger partial charge on any atom is 0.119 e. The predicted octanol–water partition coefficient (Wildman–Crippen LogP) is 5.59. The molecule has 0 bridgehead atoms. The molecule has 20 heavy (non-hydrogen) atoms. The second-order valence-corrected chi connectivity index (χ2v) is 6.04. The molecule has 0 heterocycles. The SMILES string of the molecule is COc1ccc(NC(C)c2ccc(Br)cc2Cl)c(C)c1. The van der Waals surface area contributed by atoms with Gasteiger partial charge in [-0.05, 0) is 55.3 Å². The summed E-state index contributed by atoms with van der Waals surface area (Å²) in [4.78, 5) is 0. The Morgan fingerprint density at radius 3 is 2.55 bits per heavy atom. The summed E-state index contributed by atoms with van der Waals surface area (Å²) in [5, 5.41) is 4.24. The number of benzene rings is 2. The van der Waals surface area contributed by atoms with Crippen molar-refractivity contribution in [2.75, 3.05) is 12.4 Å². The van der Waals surface area contributed by atoms with Crippen LogP contribution in [0.25, 0.3) is 0 Å². The van der Waals surface area contributed by atoms with E-state index in [1.54, 1.807) is 7.11 Å². The highest BCUT2D eigenvalue weighted by molar-refractivity contribution is 9.10. The van der Waals surface area contributed by atoms with Crippen molar-refractivity contribution in [3.05, 3.63) is 57.0 Å². The zero-order chi connectivity index (χ0) is 14.7. The summed E-state index contributed by atoms with van der Waals surface area (Å²) >= 11 is 9.71. The number of hydrogen-bond acceptors (Lipinski definition) is 2. The molecular formula is C16H17BrClNO. The van der Waals surface area contributed by atoms with E-state index in [0.29, 0.717) is 0 Å². The van der Waals surface area contributed by atoms with Gasteiger partial charge in [0.05, 0.1) is 13.2 Å². The summed E-state index contributed by atoms with van der Waals surface area (Å²) in [5.41, 5.74) is 3.30. The maximum atomic E-state index is 6.29. The molecule has 1 N–H and O–H groups in total. The molecule has 0 aromatic heterocycles. The normalized spacial score (nSPS) is 12.1. The topological polar surface area (TPSA) is 21.3 Å². The Morgan fingerprint density at radius 2 is 1.95 bits per heavy atom. The highest BCUT2D eigenvalue weighted by atomic mass is 79.9. The minimum Gasteiger partial charge on any atom is -0.497 e.